The van der Waals surface area contributed by atoms with E-state index in [9.17, 15) is 4.79 Å². The van der Waals surface area contributed by atoms with Crippen LogP contribution in [0.2, 0.25) is 0 Å². The molecule has 0 spiro atoms. The van der Waals surface area contributed by atoms with E-state index in [-0.39, 0.29) is 5.24 Å². The van der Waals surface area contributed by atoms with Gasteiger partial charge in [-0.2, -0.15) is 0 Å². The Labute approximate surface area is 60.9 Å². The molecule has 0 unspecified atom stereocenters. The van der Waals surface area contributed by atoms with E-state index < -0.39 is 4.46 Å². The van der Waals surface area contributed by atoms with Crippen molar-refractivity contribution in [3.63, 3.8) is 0 Å². The van der Waals surface area contributed by atoms with Crippen molar-refractivity contribution in [1.29, 1.82) is 0 Å². The lowest BCUT2D eigenvalue weighted by Crippen LogP contribution is -2.30. The maximum absolute atomic E-state index is 10.3. The van der Waals surface area contributed by atoms with Gasteiger partial charge in [-0.1, -0.05) is 35.0 Å². The molecule has 8 heavy (non-hydrogen) atoms. The van der Waals surface area contributed by atoms with Crippen molar-refractivity contribution in [2.24, 2.45) is 0 Å². The fourth-order valence-electron chi connectivity index (χ4n) is 0.378. The van der Waals surface area contributed by atoms with Gasteiger partial charge in [-0.25, -0.2) is 0 Å². The summed E-state index contributed by atoms with van der Waals surface area (Å²) in [6.45, 7) is 0. The molecule has 0 aromatic carbocycles. The average molecular weight is 172 g/mol. The van der Waals surface area contributed by atoms with Crippen LogP contribution in [0.25, 0.3) is 0 Å². The molecule has 0 aliphatic carbocycles. The Kier molecular flexibility index (Phi) is 1.61. The fourth-order valence-corrected chi connectivity index (χ4v) is 1.62. The van der Waals surface area contributed by atoms with Crippen LogP contribution < -0.4 is 5.32 Å². The first-order valence-electron chi connectivity index (χ1n) is 1.93. The van der Waals surface area contributed by atoms with E-state index in [4.69, 9.17) is 23.2 Å². The normalized spacial score (nSPS) is 25.5. The van der Waals surface area contributed by atoms with Gasteiger partial charge in [0.1, 0.15) is 0 Å². The summed E-state index contributed by atoms with van der Waals surface area (Å²) in [7, 11) is 0. The molecule has 0 aromatic rings. The second-order valence-corrected chi connectivity index (χ2v) is 3.84. The molecule has 1 heterocycles. The number of amides is 1. The highest BCUT2D eigenvalue weighted by atomic mass is 35.5. The van der Waals surface area contributed by atoms with Crippen molar-refractivity contribution in [2.45, 2.75) is 4.46 Å². The van der Waals surface area contributed by atoms with Crippen molar-refractivity contribution in [3.8, 4) is 0 Å². The number of alkyl halides is 2. The number of carbonyl (C=O) groups is 1. The smallest absolute Gasteiger partial charge is 0.281 e. The highest BCUT2D eigenvalue weighted by molar-refractivity contribution is 8.14. The van der Waals surface area contributed by atoms with Crippen LogP contribution in [-0.2, 0) is 0 Å². The van der Waals surface area contributed by atoms with Gasteiger partial charge >= 0.3 is 0 Å². The van der Waals surface area contributed by atoms with Crippen molar-refractivity contribution < 1.29 is 4.79 Å². The Bertz CT molecular complexity index is 126. The number of hydrogen-bond acceptors (Lipinski definition) is 2. The third-order valence-electron chi connectivity index (χ3n) is 0.669. The van der Waals surface area contributed by atoms with E-state index in [2.05, 4.69) is 5.32 Å². The minimum Gasteiger partial charge on any atom is -0.315 e. The van der Waals surface area contributed by atoms with Gasteiger partial charge in [0.25, 0.3) is 5.24 Å². The molecule has 0 bridgehead atoms. The van der Waals surface area contributed by atoms with Crippen LogP contribution in [0.4, 0.5) is 4.79 Å². The summed E-state index contributed by atoms with van der Waals surface area (Å²) in [5, 5.41) is 2.19. The summed E-state index contributed by atoms with van der Waals surface area (Å²) in [4.78, 5) is 10.3. The Balaban J connectivity index is 2.56. The van der Waals surface area contributed by atoms with E-state index in [0.717, 1.165) is 11.8 Å². The van der Waals surface area contributed by atoms with Gasteiger partial charge in [0, 0.05) is 0 Å². The monoisotopic (exact) mass is 171 g/mol. The molecule has 0 atom stereocenters. The third kappa shape index (κ3) is 1.44. The topological polar surface area (TPSA) is 29.1 Å². The minimum atomic E-state index is -1.03. The molecule has 2 nitrogen and oxygen atoms in total. The molecule has 1 saturated heterocycles. The maximum Gasteiger partial charge on any atom is 0.281 e. The molecule has 1 N–H and O–H groups in total. The quantitative estimate of drug-likeness (QED) is 0.443. The molecule has 1 aliphatic rings. The number of carbonyl (C=O) groups excluding carboxylic acids is 1. The molecule has 1 fully saturated rings. The summed E-state index contributed by atoms with van der Waals surface area (Å²) in [5.41, 5.74) is 0. The standard InChI is InChI=1S/C3H3Cl2NOS/c4-3(5)1-8-2(7)6-3/h1H2,(H,6,7). The van der Waals surface area contributed by atoms with E-state index in [1.54, 1.807) is 0 Å². The van der Waals surface area contributed by atoms with Gasteiger partial charge in [-0.05, 0) is 0 Å². The first-order chi connectivity index (χ1) is 3.60. The molecule has 0 aromatic heterocycles. The summed E-state index contributed by atoms with van der Waals surface area (Å²) in [5.74, 6) is 0.426. The first-order valence-corrected chi connectivity index (χ1v) is 3.67. The largest absolute Gasteiger partial charge is 0.315 e. The van der Waals surface area contributed by atoms with Crippen LogP contribution in [0.5, 0.6) is 0 Å². The van der Waals surface area contributed by atoms with Gasteiger partial charge in [0.2, 0.25) is 4.46 Å². The number of rotatable bonds is 0. The maximum atomic E-state index is 10.3. The molecule has 46 valence electrons. The average Bonchev–Trinajstić information content (AvgIpc) is 1.82. The van der Waals surface area contributed by atoms with Crippen LogP contribution in [-0.4, -0.2) is 15.4 Å². The molecule has 5 heteroatoms. The second kappa shape index (κ2) is 1.97. The van der Waals surface area contributed by atoms with Crippen molar-refractivity contribution in [2.75, 3.05) is 5.75 Å². The lowest BCUT2D eigenvalue weighted by Gasteiger charge is -2.07. The SMILES string of the molecule is O=C1NC(Cl)(Cl)CS1. The van der Waals surface area contributed by atoms with E-state index in [1.807, 2.05) is 0 Å². The lowest BCUT2D eigenvalue weighted by molar-refractivity contribution is 0.261. The Hall–Kier alpha value is 0.400. The third-order valence-corrected chi connectivity index (χ3v) is 2.38. The zero-order chi connectivity index (χ0) is 6.20. The van der Waals surface area contributed by atoms with Crippen molar-refractivity contribution in [3.05, 3.63) is 0 Å². The zero-order valence-electron chi connectivity index (χ0n) is 3.78. The number of nitrogens with one attached hydrogen (secondary N) is 1. The lowest BCUT2D eigenvalue weighted by atomic mass is 10.7. The van der Waals surface area contributed by atoms with Crippen LogP contribution in [0, 0.1) is 0 Å². The Morgan fingerprint density at radius 1 is 1.75 bits per heavy atom. The Morgan fingerprint density at radius 2 is 2.38 bits per heavy atom. The Morgan fingerprint density at radius 3 is 2.50 bits per heavy atom. The molecule has 0 saturated carbocycles. The molecule has 1 amide bonds. The summed E-state index contributed by atoms with van der Waals surface area (Å²) >= 11 is 12.0. The van der Waals surface area contributed by atoms with Gasteiger partial charge in [-0.3, -0.25) is 4.79 Å². The van der Waals surface area contributed by atoms with Gasteiger partial charge in [0.05, 0.1) is 5.75 Å². The fraction of sp³-hybridized carbons (Fsp3) is 0.667. The molecule has 0 radical (unpaired) electrons. The van der Waals surface area contributed by atoms with Crippen molar-refractivity contribution in [1.82, 2.24) is 5.32 Å². The van der Waals surface area contributed by atoms with Gasteiger partial charge in [0.15, 0.2) is 0 Å². The predicted molar refractivity (Wildman–Crippen MR) is 35.4 cm³/mol. The molecule has 1 aliphatic heterocycles. The second-order valence-electron chi connectivity index (χ2n) is 1.41. The summed E-state index contributed by atoms with van der Waals surface area (Å²) < 4.78 is -1.03. The number of halogens is 2. The van der Waals surface area contributed by atoms with E-state index in [1.165, 1.54) is 0 Å². The molecule has 1 rings (SSSR count). The van der Waals surface area contributed by atoms with Crippen LogP contribution in [0.3, 0.4) is 0 Å². The highest BCUT2D eigenvalue weighted by Gasteiger charge is 2.33. The summed E-state index contributed by atoms with van der Waals surface area (Å²) in [6.07, 6.45) is 0. The van der Waals surface area contributed by atoms with Crippen LogP contribution >= 0.6 is 35.0 Å². The predicted octanol–water partition coefficient (Wildman–Crippen LogP) is 1.57. The van der Waals surface area contributed by atoms with E-state index in [0.29, 0.717) is 5.75 Å². The van der Waals surface area contributed by atoms with Crippen molar-refractivity contribution >= 4 is 40.2 Å². The number of hydrogen-bond donors (Lipinski definition) is 1. The van der Waals surface area contributed by atoms with Crippen LogP contribution in [0.15, 0.2) is 0 Å². The van der Waals surface area contributed by atoms with E-state index >= 15 is 0 Å². The number of thioether (sulfide) groups is 1. The zero-order valence-corrected chi connectivity index (χ0v) is 6.11. The first kappa shape index (κ1) is 6.52. The van der Waals surface area contributed by atoms with Crippen LogP contribution in [0.1, 0.15) is 0 Å². The molecular formula is C3H3Cl2NOS. The molecular weight excluding hydrogens is 169 g/mol. The van der Waals surface area contributed by atoms with Gasteiger partial charge in [-0.15, -0.1) is 0 Å². The summed E-state index contributed by atoms with van der Waals surface area (Å²) in [6, 6.07) is 0. The minimum absolute atomic E-state index is 0.157. The van der Waals surface area contributed by atoms with Gasteiger partial charge < -0.3 is 5.32 Å². The highest BCUT2D eigenvalue weighted by Crippen LogP contribution is 2.29.